The van der Waals surface area contributed by atoms with E-state index in [-0.39, 0.29) is 0 Å². The molecule has 3 aromatic rings. The minimum Gasteiger partial charge on any atom is -0.497 e. The normalized spacial score (nSPS) is 11.9. The predicted octanol–water partition coefficient (Wildman–Crippen LogP) is 2.44. The van der Waals surface area contributed by atoms with Gasteiger partial charge in [0.25, 0.3) is 10.0 Å². The Balaban J connectivity index is 1.92. The smallest absolute Gasteiger partial charge is 0.417 e. The molecule has 9 heteroatoms. The monoisotopic (exact) mass is 371 g/mol. The van der Waals surface area contributed by atoms with Crippen LogP contribution >= 0.6 is 0 Å². The van der Waals surface area contributed by atoms with Gasteiger partial charge in [-0.15, -0.1) is 0 Å². The van der Waals surface area contributed by atoms with Gasteiger partial charge in [-0.2, -0.15) is 5.26 Å². The van der Waals surface area contributed by atoms with E-state index in [0.29, 0.717) is 28.1 Å². The van der Waals surface area contributed by atoms with Gasteiger partial charge in [0.15, 0.2) is 10.5 Å². The SMILES string of the molecule is COc1ccc(NS(=O)(=O)/C(C#N)=C/c2ccc3oc(=O)[nH]c3c2)cc1. The lowest BCUT2D eigenvalue weighted by Crippen LogP contribution is -2.14. The van der Waals surface area contributed by atoms with E-state index in [1.807, 2.05) is 0 Å². The quantitative estimate of drug-likeness (QED) is 0.664. The number of aromatic amines is 1. The number of H-pyrrole nitrogens is 1. The molecule has 0 fully saturated rings. The minimum absolute atomic E-state index is 0.293. The molecule has 0 saturated carbocycles. The standard InChI is InChI=1S/C17H13N3O5S/c1-24-13-5-3-12(4-6-13)20-26(22,23)14(10-18)8-11-2-7-16-15(9-11)19-17(21)25-16/h2-9,20H,1H3,(H,19,21)/b14-8+. The fourth-order valence-corrected chi connectivity index (χ4v) is 3.22. The lowest BCUT2D eigenvalue weighted by atomic mass is 10.2. The fraction of sp³-hybridized carbons (Fsp3) is 0.0588. The second-order valence-corrected chi connectivity index (χ2v) is 6.88. The lowest BCUT2D eigenvalue weighted by Gasteiger charge is -2.08. The van der Waals surface area contributed by atoms with Crippen LogP contribution in [0.3, 0.4) is 0 Å². The maximum Gasteiger partial charge on any atom is 0.417 e. The van der Waals surface area contributed by atoms with Gasteiger partial charge >= 0.3 is 5.76 Å². The first kappa shape index (κ1) is 17.3. The molecule has 0 aliphatic carbocycles. The molecule has 0 saturated heterocycles. The summed E-state index contributed by atoms with van der Waals surface area (Å²) in [6.45, 7) is 0. The van der Waals surface area contributed by atoms with Gasteiger partial charge in [0.05, 0.1) is 12.6 Å². The van der Waals surface area contributed by atoms with E-state index < -0.39 is 20.7 Å². The van der Waals surface area contributed by atoms with E-state index in [1.54, 1.807) is 24.3 Å². The average Bonchev–Trinajstić information content (AvgIpc) is 2.99. The highest BCUT2D eigenvalue weighted by Gasteiger charge is 2.18. The molecule has 0 unspecified atom stereocenters. The Bertz CT molecular complexity index is 1180. The molecule has 0 amide bonds. The molecule has 3 rings (SSSR count). The van der Waals surface area contributed by atoms with E-state index in [1.165, 1.54) is 37.5 Å². The minimum atomic E-state index is -4.08. The number of nitrogens with zero attached hydrogens (tertiary/aromatic N) is 1. The zero-order chi connectivity index (χ0) is 18.7. The summed E-state index contributed by atoms with van der Waals surface area (Å²) in [7, 11) is -2.58. The van der Waals surface area contributed by atoms with E-state index >= 15 is 0 Å². The molecule has 26 heavy (non-hydrogen) atoms. The van der Waals surface area contributed by atoms with Crippen molar-refractivity contribution < 1.29 is 17.6 Å². The van der Waals surface area contributed by atoms with Gasteiger partial charge in [-0.1, -0.05) is 6.07 Å². The first-order valence-electron chi connectivity index (χ1n) is 7.33. The van der Waals surface area contributed by atoms with Crippen molar-refractivity contribution in [1.82, 2.24) is 4.98 Å². The number of oxazole rings is 1. The summed E-state index contributed by atoms with van der Waals surface area (Å²) in [5.74, 6) is -0.0400. The molecule has 0 spiro atoms. The van der Waals surface area contributed by atoms with Gasteiger partial charge in [0, 0.05) is 5.69 Å². The number of allylic oxidation sites excluding steroid dienone is 1. The van der Waals surface area contributed by atoms with Crippen LogP contribution in [0.25, 0.3) is 17.2 Å². The second-order valence-electron chi connectivity index (χ2n) is 5.22. The number of aromatic nitrogens is 1. The highest BCUT2D eigenvalue weighted by atomic mass is 32.2. The summed E-state index contributed by atoms with van der Waals surface area (Å²) in [5, 5.41) is 9.27. The van der Waals surface area contributed by atoms with Crippen LogP contribution in [0.15, 0.2) is 56.6 Å². The third-order valence-electron chi connectivity index (χ3n) is 3.48. The van der Waals surface area contributed by atoms with Crippen molar-refractivity contribution in [3.8, 4) is 11.8 Å². The summed E-state index contributed by atoms with van der Waals surface area (Å²) in [6.07, 6.45) is 1.20. The highest BCUT2D eigenvalue weighted by Crippen LogP contribution is 2.21. The Morgan fingerprint density at radius 1 is 1.27 bits per heavy atom. The zero-order valence-corrected chi connectivity index (χ0v) is 14.3. The maximum atomic E-state index is 12.4. The summed E-state index contributed by atoms with van der Waals surface area (Å²) in [6, 6.07) is 12.5. The van der Waals surface area contributed by atoms with Crippen molar-refractivity contribution in [3.05, 3.63) is 63.5 Å². The van der Waals surface area contributed by atoms with Crippen LogP contribution in [0.2, 0.25) is 0 Å². The van der Waals surface area contributed by atoms with Gasteiger partial charge in [0.1, 0.15) is 11.8 Å². The number of nitriles is 1. The van der Waals surface area contributed by atoms with Gasteiger partial charge in [0.2, 0.25) is 0 Å². The molecule has 8 nitrogen and oxygen atoms in total. The van der Waals surface area contributed by atoms with Gasteiger partial charge < -0.3 is 9.15 Å². The van der Waals surface area contributed by atoms with Crippen molar-refractivity contribution in [1.29, 1.82) is 5.26 Å². The van der Waals surface area contributed by atoms with Crippen molar-refractivity contribution in [2.45, 2.75) is 0 Å². The van der Waals surface area contributed by atoms with Crippen LogP contribution in [0.5, 0.6) is 5.75 Å². The van der Waals surface area contributed by atoms with Crippen LogP contribution in [-0.4, -0.2) is 20.5 Å². The molecule has 132 valence electrons. The van der Waals surface area contributed by atoms with Crippen LogP contribution in [0.1, 0.15) is 5.56 Å². The third kappa shape index (κ3) is 3.60. The number of anilines is 1. The number of ether oxygens (including phenoxy) is 1. The Hall–Kier alpha value is -3.51. The summed E-state index contributed by atoms with van der Waals surface area (Å²) in [4.78, 5) is 13.2. The van der Waals surface area contributed by atoms with Crippen molar-refractivity contribution >= 4 is 32.9 Å². The lowest BCUT2D eigenvalue weighted by molar-refractivity contribution is 0.415. The molecule has 0 radical (unpaired) electrons. The summed E-state index contributed by atoms with van der Waals surface area (Å²) >= 11 is 0. The molecule has 2 N–H and O–H groups in total. The largest absolute Gasteiger partial charge is 0.497 e. The molecule has 2 aromatic carbocycles. The van der Waals surface area contributed by atoms with E-state index in [0.717, 1.165) is 0 Å². The van der Waals surface area contributed by atoms with Crippen molar-refractivity contribution in [3.63, 3.8) is 0 Å². The molecular formula is C17H13N3O5S. The van der Waals surface area contributed by atoms with Crippen LogP contribution < -0.4 is 15.2 Å². The van der Waals surface area contributed by atoms with Crippen molar-refractivity contribution in [2.75, 3.05) is 11.8 Å². The predicted molar refractivity (Wildman–Crippen MR) is 96.0 cm³/mol. The first-order valence-corrected chi connectivity index (χ1v) is 8.81. The molecule has 1 aromatic heterocycles. The number of hydrogen-bond donors (Lipinski definition) is 2. The molecule has 0 aliphatic heterocycles. The highest BCUT2D eigenvalue weighted by molar-refractivity contribution is 7.96. The number of benzene rings is 2. The number of rotatable bonds is 5. The number of sulfonamides is 1. The Kier molecular flexibility index (Phi) is 4.51. The second kappa shape index (κ2) is 6.78. The van der Waals surface area contributed by atoms with Gasteiger partial charge in [-0.25, -0.2) is 13.2 Å². The summed E-state index contributed by atoms with van der Waals surface area (Å²) in [5.41, 5.74) is 1.46. The van der Waals surface area contributed by atoms with E-state index in [4.69, 9.17) is 9.15 Å². The summed E-state index contributed by atoms with van der Waals surface area (Å²) < 4.78 is 37.1. The van der Waals surface area contributed by atoms with E-state index in [9.17, 15) is 18.5 Å². The number of nitrogens with one attached hydrogen (secondary N) is 2. The average molecular weight is 371 g/mol. The van der Waals surface area contributed by atoms with Crippen LogP contribution in [0.4, 0.5) is 5.69 Å². The molecule has 0 atom stereocenters. The Labute approximate surface area is 148 Å². The van der Waals surface area contributed by atoms with Gasteiger partial charge in [-0.3, -0.25) is 9.71 Å². The molecular weight excluding hydrogens is 358 g/mol. The molecule has 0 bridgehead atoms. The maximum absolute atomic E-state index is 12.4. The zero-order valence-electron chi connectivity index (χ0n) is 13.5. The number of fused-ring (bicyclic) bond motifs is 1. The number of hydrogen-bond acceptors (Lipinski definition) is 6. The third-order valence-corrected chi connectivity index (χ3v) is 4.78. The van der Waals surface area contributed by atoms with Gasteiger partial charge in [-0.05, 0) is 48.0 Å². The fourth-order valence-electron chi connectivity index (χ4n) is 2.25. The van der Waals surface area contributed by atoms with Crippen LogP contribution in [-0.2, 0) is 10.0 Å². The van der Waals surface area contributed by atoms with Crippen LogP contribution in [0, 0.1) is 11.3 Å². The topological polar surface area (TPSA) is 125 Å². The number of methoxy groups -OCH3 is 1. The molecule has 0 aliphatic rings. The Morgan fingerprint density at radius 3 is 2.65 bits per heavy atom. The molecule has 1 heterocycles. The van der Waals surface area contributed by atoms with E-state index in [2.05, 4.69) is 9.71 Å². The van der Waals surface area contributed by atoms with Crippen molar-refractivity contribution in [2.24, 2.45) is 0 Å². The Morgan fingerprint density at radius 2 is 2.00 bits per heavy atom. The first-order chi connectivity index (χ1) is 12.4.